The van der Waals surface area contributed by atoms with Crippen molar-refractivity contribution in [2.24, 2.45) is 0 Å². The quantitative estimate of drug-likeness (QED) is 0.703. The van der Waals surface area contributed by atoms with Gasteiger partial charge in [-0.05, 0) is 45.6 Å². The Morgan fingerprint density at radius 2 is 2.20 bits per heavy atom. The van der Waals surface area contributed by atoms with Gasteiger partial charge in [-0.25, -0.2) is 0 Å². The average molecular weight is 215 g/mol. The van der Waals surface area contributed by atoms with Gasteiger partial charge in [0.1, 0.15) is 0 Å². The van der Waals surface area contributed by atoms with Gasteiger partial charge in [0.25, 0.3) is 0 Å². The van der Waals surface area contributed by atoms with Crippen LogP contribution < -0.4 is 0 Å². The Bertz CT molecular complexity index is 182. The molecule has 1 rings (SSSR count). The molecule has 0 radical (unpaired) electrons. The normalized spacial score (nSPS) is 26.8. The number of likely N-dealkylation sites (tertiary alicyclic amines) is 1. The molecule has 1 heterocycles. The van der Waals surface area contributed by atoms with Crippen LogP contribution in [0.4, 0.5) is 0 Å². The maximum absolute atomic E-state index is 10.0. The summed E-state index contributed by atoms with van der Waals surface area (Å²) in [4.78, 5) is 2.39. The SMILES string of the molecule is CCC(C)(O)CN1CCCC1CCCO. The van der Waals surface area contributed by atoms with Gasteiger partial charge in [-0.3, -0.25) is 4.90 Å². The summed E-state index contributed by atoms with van der Waals surface area (Å²) < 4.78 is 0. The highest BCUT2D eigenvalue weighted by molar-refractivity contribution is 4.84. The van der Waals surface area contributed by atoms with E-state index >= 15 is 0 Å². The number of β-amino-alcohol motifs (C(OH)–C–C–N with tert-alkyl or cyclic N) is 1. The number of nitrogens with zero attached hydrogens (tertiary/aromatic N) is 1. The van der Waals surface area contributed by atoms with Crippen LogP contribution in [0.2, 0.25) is 0 Å². The van der Waals surface area contributed by atoms with E-state index in [1.54, 1.807) is 0 Å². The molecular weight excluding hydrogens is 190 g/mol. The summed E-state index contributed by atoms with van der Waals surface area (Å²) in [6.45, 7) is 6.10. The summed E-state index contributed by atoms with van der Waals surface area (Å²) >= 11 is 0. The van der Waals surface area contributed by atoms with Gasteiger partial charge in [0.15, 0.2) is 0 Å². The molecule has 0 saturated carbocycles. The summed E-state index contributed by atoms with van der Waals surface area (Å²) in [5.41, 5.74) is -0.554. The van der Waals surface area contributed by atoms with Crippen LogP contribution in [0.15, 0.2) is 0 Å². The second-order valence-corrected chi connectivity index (χ2v) is 4.98. The Balaban J connectivity index is 2.39. The lowest BCUT2D eigenvalue weighted by atomic mass is 10.0. The zero-order valence-corrected chi connectivity index (χ0v) is 10.1. The Morgan fingerprint density at radius 3 is 2.80 bits per heavy atom. The fourth-order valence-corrected chi connectivity index (χ4v) is 2.31. The van der Waals surface area contributed by atoms with E-state index in [4.69, 9.17) is 5.11 Å². The van der Waals surface area contributed by atoms with Gasteiger partial charge in [-0.1, -0.05) is 6.92 Å². The molecule has 2 N–H and O–H groups in total. The van der Waals surface area contributed by atoms with Crippen LogP contribution in [-0.2, 0) is 0 Å². The summed E-state index contributed by atoms with van der Waals surface area (Å²) in [7, 11) is 0. The molecular formula is C12H25NO2. The molecule has 1 aliphatic heterocycles. The predicted octanol–water partition coefficient (Wildman–Crippen LogP) is 1.38. The van der Waals surface area contributed by atoms with Crippen molar-refractivity contribution in [1.29, 1.82) is 0 Å². The zero-order valence-electron chi connectivity index (χ0n) is 10.1. The van der Waals surface area contributed by atoms with Crippen molar-refractivity contribution in [2.75, 3.05) is 19.7 Å². The highest BCUT2D eigenvalue weighted by Crippen LogP contribution is 2.24. The average Bonchev–Trinajstić information content (AvgIpc) is 2.62. The molecule has 1 saturated heterocycles. The molecule has 1 fully saturated rings. The van der Waals surface area contributed by atoms with E-state index in [1.165, 1.54) is 12.8 Å². The molecule has 3 heteroatoms. The van der Waals surface area contributed by atoms with Crippen molar-refractivity contribution >= 4 is 0 Å². The van der Waals surface area contributed by atoms with Crippen LogP contribution in [0.1, 0.15) is 46.0 Å². The van der Waals surface area contributed by atoms with Crippen molar-refractivity contribution in [1.82, 2.24) is 4.90 Å². The molecule has 0 aromatic rings. The Morgan fingerprint density at radius 1 is 1.47 bits per heavy atom. The van der Waals surface area contributed by atoms with Crippen molar-refractivity contribution in [3.63, 3.8) is 0 Å². The summed E-state index contributed by atoms with van der Waals surface area (Å²) in [5, 5.41) is 18.9. The minimum atomic E-state index is -0.554. The number of aliphatic hydroxyl groups is 2. The second-order valence-electron chi connectivity index (χ2n) is 4.98. The number of rotatable bonds is 6. The van der Waals surface area contributed by atoms with Gasteiger partial charge in [-0.15, -0.1) is 0 Å². The summed E-state index contributed by atoms with van der Waals surface area (Å²) in [6.07, 6.45) is 5.21. The molecule has 0 amide bonds. The van der Waals surface area contributed by atoms with Gasteiger partial charge < -0.3 is 10.2 Å². The molecule has 1 aliphatic rings. The maximum atomic E-state index is 10.0. The Kier molecular flexibility index (Phi) is 5.03. The van der Waals surface area contributed by atoms with E-state index in [0.717, 1.165) is 32.4 Å². The molecule has 90 valence electrons. The first-order chi connectivity index (χ1) is 7.09. The number of hydrogen-bond acceptors (Lipinski definition) is 3. The lowest BCUT2D eigenvalue weighted by Crippen LogP contribution is -2.42. The van der Waals surface area contributed by atoms with E-state index in [0.29, 0.717) is 6.04 Å². The third-order valence-corrected chi connectivity index (χ3v) is 3.50. The highest BCUT2D eigenvalue weighted by Gasteiger charge is 2.29. The molecule has 0 spiro atoms. The molecule has 0 aliphatic carbocycles. The number of hydrogen-bond donors (Lipinski definition) is 2. The first-order valence-corrected chi connectivity index (χ1v) is 6.16. The third-order valence-electron chi connectivity index (χ3n) is 3.50. The van der Waals surface area contributed by atoms with Crippen LogP contribution in [-0.4, -0.2) is 46.5 Å². The van der Waals surface area contributed by atoms with Crippen LogP contribution in [0.3, 0.4) is 0 Å². The first-order valence-electron chi connectivity index (χ1n) is 6.16. The van der Waals surface area contributed by atoms with Gasteiger partial charge in [0, 0.05) is 19.2 Å². The molecule has 0 aromatic heterocycles. The van der Waals surface area contributed by atoms with Crippen LogP contribution >= 0.6 is 0 Å². The van der Waals surface area contributed by atoms with Gasteiger partial charge in [-0.2, -0.15) is 0 Å². The van der Waals surface area contributed by atoms with Crippen LogP contribution in [0.5, 0.6) is 0 Å². The lowest BCUT2D eigenvalue weighted by Gasteiger charge is -2.32. The van der Waals surface area contributed by atoms with Crippen LogP contribution in [0.25, 0.3) is 0 Å². The Hall–Kier alpha value is -0.120. The third kappa shape index (κ3) is 4.09. The van der Waals surface area contributed by atoms with E-state index in [9.17, 15) is 5.11 Å². The summed E-state index contributed by atoms with van der Waals surface area (Å²) in [5.74, 6) is 0. The van der Waals surface area contributed by atoms with Crippen molar-refractivity contribution in [3.8, 4) is 0 Å². The van der Waals surface area contributed by atoms with Crippen molar-refractivity contribution in [3.05, 3.63) is 0 Å². The molecule has 3 nitrogen and oxygen atoms in total. The molecule has 0 aromatic carbocycles. The Labute approximate surface area is 93.1 Å². The van der Waals surface area contributed by atoms with Gasteiger partial charge in [0.2, 0.25) is 0 Å². The molecule has 0 bridgehead atoms. The smallest absolute Gasteiger partial charge is 0.0743 e. The predicted molar refractivity (Wildman–Crippen MR) is 61.8 cm³/mol. The monoisotopic (exact) mass is 215 g/mol. The van der Waals surface area contributed by atoms with Crippen molar-refractivity contribution in [2.45, 2.75) is 57.6 Å². The molecule has 2 atom stereocenters. The number of aliphatic hydroxyl groups excluding tert-OH is 1. The van der Waals surface area contributed by atoms with Crippen LogP contribution in [0, 0.1) is 0 Å². The maximum Gasteiger partial charge on any atom is 0.0743 e. The minimum Gasteiger partial charge on any atom is -0.396 e. The van der Waals surface area contributed by atoms with E-state index in [-0.39, 0.29) is 6.61 Å². The van der Waals surface area contributed by atoms with E-state index < -0.39 is 5.60 Å². The lowest BCUT2D eigenvalue weighted by molar-refractivity contribution is 0.0111. The largest absolute Gasteiger partial charge is 0.396 e. The standard InChI is InChI=1S/C12H25NO2/c1-3-12(2,15)10-13-8-4-6-11(13)7-5-9-14/h11,14-15H,3-10H2,1-2H3. The topological polar surface area (TPSA) is 43.7 Å². The highest BCUT2D eigenvalue weighted by atomic mass is 16.3. The second kappa shape index (κ2) is 5.83. The van der Waals surface area contributed by atoms with Crippen molar-refractivity contribution < 1.29 is 10.2 Å². The van der Waals surface area contributed by atoms with E-state index in [1.807, 2.05) is 13.8 Å². The molecule has 15 heavy (non-hydrogen) atoms. The minimum absolute atomic E-state index is 0.286. The fourth-order valence-electron chi connectivity index (χ4n) is 2.31. The van der Waals surface area contributed by atoms with E-state index in [2.05, 4.69) is 4.90 Å². The first kappa shape index (κ1) is 12.9. The molecule has 2 unspecified atom stereocenters. The fraction of sp³-hybridized carbons (Fsp3) is 1.00. The van der Waals surface area contributed by atoms with Gasteiger partial charge in [0.05, 0.1) is 5.60 Å². The van der Waals surface area contributed by atoms with Gasteiger partial charge >= 0.3 is 0 Å². The zero-order chi connectivity index (χ0) is 11.3. The summed E-state index contributed by atoms with van der Waals surface area (Å²) in [6, 6.07) is 0.579.